The van der Waals surface area contributed by atoms with E-state index < -0.39 is 35.5 Å². The fourth-order valence-corrected chi connectivity index (χ4v) is 2.18. The number of carbonyl (C=O) groups excluding carboxylic acids is 1. The minimum atomic E-state index is -4.70. The maximum absolute atomic E-state index is 12.7. The highest BCUT2D eigenvalue weighted by molar-refractivity contribution is 6.01. The highest BCUT2D eigenvalue weighted by Gasteiger charge is 2.31. The van der Waals surface area contributed by atoms with E-state index in [0.29, 0.717) is 17.8 Å². The summed E-state index contributed by atoms with van der Waals surface area (Å²) < 4.78 is 72.4. The van der Waals surface area contributed by atoms with Crippen LogP contribution in [0.4, 0.5) is 27.6 Å². The van der Waals surface area contributed by atoms with E-state index in [4.69, 9.17) is 4.74 Å². The van der Waals surface area contributed by atoms with Gasteiger partial charge in [-0.15, -0.1) is 0 Å². The zero-order valence-electron chi connectivity index (χ0n) is 14.8. The Morgan fingerprint density at radius 3 is 2.59 bits per heavy atom. The number of aromatic nitrogens is 1. The van der Waals surface area contributed by atoms with Crippen LogP contribution in [0.25, 0.3) is 6.08 Å². The quantitative estimate of drug-likeness (QED) is 0.525. The van der Waals surface area contributed by atoms with Crippen LogP contribution in [0.15, 0.2) is 41.3 Å². The molecule has 0 radical (unpaired) electrons. The van der Waals surface area contributed by atoms with Crippen LogP contribution in [0.1, 0.15) is 18.1 Å². The van der Waals surface area contributed by atoms with Crippen LogP contribution >= 0.6 is 0 Å². The van der Waals surface area contributed by atoms with E-state index in [1.165, 1.54) is 24.3 Å². The summed E-state index contributed by atoms with van der Waals surface area (Å²) in [5.74, 6) is -1.05. The zero-order valence-corrected chi connectivity index (χ0v) is 14.8. The lowest BCUT2D eigenvalue weighted by atomic mass is 10.2. The Balaban J connectivity index is 2.17. The van der Waals surface area contributed by atoms with Gasteiger partial charge < -0.3 is 19.8 Å². The van der Waals surface area contributed by atoms with E-state index in [2.05, 4.69) is 4.74 Å². The van der Waals surface area contributed by atoms with Gasteiger partial charge in [-0.1, -0.05) is 6.07 Å². The van der Waals surface area contributed by atoms with Crippen molar-refractivity contribution in [2.24, 2.45) is 0 Å². The summed E-state index contributed by atoms with van der Waals surface area (Å²) in [6.07, 6.45) is -1.99. The van der Waals surface area contributed by atoms with Gasteiger partial charge in [-0.2, -0.15) is 22.0 Å². The second-order valence-corrected chi connectivity index (χ2v) is 5.47. The lowest BCUT2D eigenvalue weighted by Gasteiger charge is -2.11. The van der Waals surface area contributed by atoms with Crippen molar-refractivity contribution in [3.05, 3.63) is 58.0 Å². The van der Waals surface area contributed by atoms with Gasteiger partial charge in [0.2, 0.25) is 5.91 Å². The number of hydrogen-bond acceptors (Lipinski definition) is 4. The van der Waals surface area contributed by atoms with Crippen LogP contribution in [0, 0.1) is 0 Å². The van der Waals surface area contributed by atoms with E-state index >= 15 is 0 Å². The largest absolute Gasteiger partial charge is 0.490 e. The molecular weight excluding hydrogens is 403 g/mol. The van der Waals surface area contributed by atoms with Crippen LogP contribution < -0.4 is 20.3 Å². The number of carbonyl (C=O) groups is 1. The molecule has 0 fully saturated rings. The van der Waals surface area contributed by atoms with Crippen molar-refractivity contribution in [3.63, 3.8) is 0 Å². The minimum Gasteiger partial charge on any atom is -0.490 e. The predicted octanol–water partition coefficient (Wildman–Crippen LogP) is 4.05. The van der Waals surface area contributed by atoms with E-state index in [1.54, 1.807) is 6.92 Å². The second kappa shape index (κ2) is 9.22. The molecule has 2 N–H and O–H groups in total. The van der Waals surface area contributed by atoms with Crippen LogP contribution in [0.3, 0.4) is 0 Å². The second-order valence-electron chi connectivity index (χ2n) is 5.47. The maximum atomic E-state index is 12.7. The molecule has 1 aromatic carbocycles. The van der Waals surface area contributed by atoms with Crippen LogP contribution in [-0.4, -0.2) is 24.1 Å². The van der Waals surface area contributed by atoms with Gasteiger partial charge in [0.25, 0.3) is 5.56 Å². The molecular formula is C18H15F5N2O4. The summed E-state index contributed by atoms with van der Waals surface area (Å²) in [5.41, 5.74) is -2.26. The van der Waals surface area contributed by atoms with Crippen molar-refractivity contribution in [1.82, 2.24) is 4.98 Å². The molecule has 156 valence electrons. The number of nitrogens with one attached hydrogen (secondary N) is 2. The molecule has 2 rings (SSSR count). The Morgan fingerprint density at radius 1 is 1.24 bits per heavy atom. The van der Waals surface area contributed by atoms with Gasteiger partial charge in [0.05, 0.1) is 12.2 Å². The summed E-state index contributed by atoms with van der Waals surface area (Å²) in [5, 5.41) is 2.05. The molecule has 1 amide bonds. The van der Waals surface area contributed by atoms with Crippen molar-refractivity contribution >= 4 is 17.7 Å². The van der Waals surface area contributed by atoms with E-state index in [9.17, 15) is 31.5 Å². The van der Waals surface area contributed by atoms with Gasteiger partial charge in [-0.3, -0.25) is 9.59 Å². The fraction of sp³-hybridized carbons (Fsp3) is 0.222. The van der Waals surface area contributed by atoms with E-state index in [-0.39, 0.29) is 18.1 Å². The minimum absolute atomic E-state index is 0.0182. The highest BCUT2D eigenvalue weighted by Crippen LogP contribution is 2.31. The number of rotatable bonds is 7. The summed E-state index contributed by atoms with van der Waals surface area (Å²) in [7, 11) is 0. The third-order valence-electron chi connectivity index (χ3n) is 3.40. The molecule has 0 aliphatic heterocycles. The van der Waals surface area contributed by atoms with Crippen molar-refractivity contribution < 1.29 is 36.2 Å². The van der Waals surface area contributed by atoms with Gasteiger partial charge in [0.1, 0.15) is 5.69 Å². The lowest BCUT2D eigenvalue weighted by molar-refractivity contribution is -0.137. The molecule has 6 nitrogen and oxygen atoms in total. The van der Waals surface area contributed by atoms with Gasteiger partial charge in [0.15, 0.2) is 11.5 Å². The third kappa shape index (κ3) is 6.33. The first-order valence-electron chi connectivity index (χ1n) is 8.10. The van der Waals surface area contributed by atoms with Crippen LogP contribution in [0.2, 0.25) is 0 Å². The Kier molecular flexibility index (Phi) is 6.97. The lowest BCUT2D eigenvalue weighted by Crippen LogP contribution is -2.20. The molecule has 11 heteroatoms. The molecule has 1 heterocycles. The molecule has 0 spiro atoms. The Hall–Kier alpha value is -3.37. The van der Waals surface area contributed by atoms with Crippen molar-refractivity contribution in [2.45, 2.75) is 19.7 Å². The molecule has 0 atom stereocenters. The van der Waals surface area contributed by atoms with Crippen LogP contribution in [-0.2, 0) is 11.0 Å². The first-order valence-corrected chi connectivity index (χ1v) is 8.10. The SMILES string of the molecule is CCOc1cc(/C=C/C(=O)Nc2cc(C(F)(F)F)c[nH]c2=O)ccc1OC(F)F. The number of ether oxygens (including phenoxy) is 2. The normalized spacial score (nSPS) is 11.7. The Bertz CT molecular complexity index is 954. The van der Waals surface area contributed by atoms with Crippen molar-refractivity contribution in [1.29, 1.82) is 0 Å². The molecule has 1 aromatic heterocycles. The number of halogens is 5. The van der Waals surface area contributed by atoms with Crippen molar-refractivity contribution in [2.75, 3.05) is 11.9 Å². The smallest absolute Gasteiger partial charge is 0.417 e. The Labute approximate surface area is 161 Å². The number of anilines is 1. The zero-order chi connectivity index (χ0) is 21.6. The molecule has 29 heavy (non-hydrogen) atoms. The van der Waals surface area contributed by atoms with Gasteiger partial charge in [-0.25, -0.2) is 0 Å². The molecule has 0 aliphatic rings. The van der Waals surface area contributed by atoms with Gasteiger partial charge in [0, 0.05) is 12.3 Å². The summed E-state index contributed by atoms with van der Waals surface area (Å²) in [6, 6.07) is 4.42. The third-order valence-corrected chi connectivity index (χ3v) is 3.40. The van der Waals surface area contributed by atoms with E-state index in [1.807, 2.05) is 10.3 Å². The summed E-state index contributed by atoms with van der Waals surface area (Å²) in [6.45, 7) is -1.24. The molecule has 2 aromatic rings. The number of hydrogen-bond donors (Lipinski definition) is 2. The Morgan fingerprint density at radius 2 is 1.97 bits per heavy atom. The standard InChI is InChI=1S/C18H15F5N2O4/c1-2-28-14-7-10(3-5-13(14)29-17(19)20)4-6-15(26)25-12-8-11(18(21,22)23)9-24-16(12)27/h3-9,17H,2H2,1H3,(H,24,27)(H,25,26)/b6-4+. The molecule has 0 unspecified atom stereocenters. The molecule has 0 saturated heterocycles. The molecule has 0 saturated carbocycles. The summed E-state index contributed by atoms with van der Waals surface area (Å²) >= 11 is 0. The first-order chi connectivity index (χ1) is 13.6. The number of alkyl halides is 5. The molecule has 0 aliphatic carbocycles. The molecule has 0 bridgehead atoms. The highest BCUT2D eigenvalue weighted by atomic mass is 19.4. The number of pyridine rings is 1. The monoisotopic (exact) mass is 418 g/mol. The number of H-pyrrole nitrogens is 1. The first kappa shape index (κ1) is 21.9. The number of amides is 1. The number of aromatic amines is 1. The maximum Gasteiger partial charge on any atom is 0.417 e. The summed E-state index contributed by atoms with van der Waals surface area (Å²) in [4.78, 5) is 25.4. The predicted molar refractivity (Wildman–Crippen MR) is 94.0 cm³/mol. The van der Waals surface area contributed by atoms with Gasteiger partial charge >= 0.3 is 12.8 Å². The average Bonchev–Trinajstić information content (AvgIpc) is 2.62. The fourth-order valence-electron chi connectivity index (χ4n) is 2.18. The topological polar surface area (TPSA) is 80.4 Å². The average molecular weight is 418 g/mol. The van der Waals surface area contributed by atoms with Crippen molar-refractivity contribution in [3.8, 4) is 11.5 Å². The number of benzene rings is 1. The van der Waals surface area contributed by atoms with Gasteiger partial charge in [-0.05, 0) is 36.8 Å². The van der Waals surface area contributed by atoms with E-state index in [0.717, 1.165) is 6.08 Å². The van der Waals surface area contributed by atoms with Crippen LogP contribution in [0.5, 0.6) is 11.5 Å².